The van der Waals surface area contributed by atoms with E-state index in [1.165, 1.54) is 12.1 Å². The van der Waals surface area contributed by atoms with Gasteiger partial charge in [0.15, 0.2) is 0 Å². The summed E-state index contributed by atoms with van der Waals surface area (Å²) in [6, 6.07) is 5.96. The Morgan fingerprint density at radius 1 is 1.27 bits per heavy atom. The van der Waals surface area contributed by atoms with Crippen LogP contribution in [-0.4, -0.2) is 28.6 Å². The maximum Gasteiger partial charge on any atom is 0.253 e. The zero-order valence-electron chi connectivity index (χ0n) is 11.9. The average Bonchev–Trinajstić information content (AvgIpc) is 3.16. The molecule has 1 aromatic carbocycles. The van der Waals surface area contributed by atoms with Crippen molar-refractivity contribution in [3.05, 3.63) is 60.2 Å². The van der Waals surface area contributed by atoms with Gasteiger partial charge in [-0.2, -0.15) is 0 Å². The van der Waals surface area contributed by atoms with E-state index in [1.54, 1.807) is 24.5 Å². The third-order valence-corrected chi connectivity index (χ3v) is 3.87. The molecule has 5 heteroatoms. The Bertz CT molecular complexity index is 691. The molecule has 1 aliphatic rings. The van der Waals surface area contributed by atoms with Crippen LogP contribution in [0.2, 0.25) is 0 Å². The largest absolute Gasteiger partial charge is 0.396 e. The summed E-state index contributed by atoms with van der Waals surface area (Å²) in [7, 11) is 0. The van der Waals surface area contributed by atoms with E-state index in [4.69, 9.17) is 5.11 Å². The lowest BCUT2D eigenvalue weighted by molar-refractivity contribution is 0.0942. The standard InChI is InChI=1S/C17H17FN2O2/c18-13-4-2-12(3-5-13)15-8-19-9-16(15)17(22)20-14-6-1-11(7-14)10-21/h1-6,8-9,11,14,19,21H,7,10H2,(H,20,22)/t11-,14+/m0/s1. The van der Waals surface area contributed by atoms with Crippen LogP contribution in [0.1, 0.15) is 16.8 Å². The van der Waals surface area contributed by atoms with Crippen LogP contribution in [0.3, 0.4) is 0 Å². The lowest BCUT2D eigenvalue weighted by Crippen LogP contribution is -2.33. The first-order chi connectivity index (χ1) is 10.7. The van der Waals surface area contributed by atoms with E-state index in [0.717, 1.165) is 11.1 Å². The fraction of sp³-hybridized carbons (Fsp3) is 0.235. The number of aromatic amines is 1. The predicted molar refractivity (Wildman–Crippen MR) is 81.8 cm³/mol. The van der Waals surface area contributed by atoms with Crippen molar-refractivity contribution >= 4 is 5.91 Å². The van der Waals surface area contributed by atoms with Crippen molar-refractivity contribution < 1.29 is 14.3 Å². The van der Waals surface area contributed by atoms with E-state index in [1.807, 2.05) is 12.2 Å². The Balaban J connectivity index is 1.76. The van der Waals surface area contributed by atoms with Gasteiger partial charge in [-0.25, -0.2) is 4.39 Å². The number of aliphatic hydroxyl groups excluding tert-OH is 1. The lowest BCUT2D eigenvalue weighted by Gasteiger charge is -2.13. The van der Waals surface area contributed by atoms with Crippen LogP contribution in [0, 0.1) is 11.7 Å². The molecule has 1 aliphatic carbocycles. The van der Waals surface area contributed by atoms with Gasteiger partial charge in [-0.15, -0.1) is 0 Å². The minimum absolute atomic E-state index is 0.0689. The molecule has 22 heavy (non-hydrogen) atoms. The number of amides is 1. The number of carbonyl (C=O) groups excluding carboxylic acids is 1. The Hall–Kier alpha value is -2.40. The normalized spacial score (nSPS) is 20.3. The summed E-state index contributed by atoms with van der Waals surface area (Å²) in [5, 5.41) is 12.1. The Labute approximate surface area is 127 Å². The van der Waals surface area contributed by atoms with Crippen LogP contribution >= 0.6 is 0 Å². The molecular weight excluding hydrogens is 283 g/mol. The van der Waals surface area contributed by atoms with Crippen LogP contribution in [-0.2, 0) is 0 Å². The Morgan fingerprint density at radius 2 is 2.05 bits per heavy atom. The highest BCUT2D eigenvalue weighted by Gasteiger charge is 2.22. The number of hydrogen-bond donors (Lipinski definition) is 3. The Kier molecular flexibility index (Phi) is 4.06. The summed E-state index contributed by atoms with van der Waals surface area (Å²) in [4.78, 5) is 15.3. The topological polar surface area (TPSA) is 65.1 Å². The molecular formula is C17H17FN2O2. The van der Waals surface area contributed by atoms with E-state index in [2.05, 4.69) is 10.3 Å². The van der Waals surface area contributed by atoms with Crippen LogP contribution in [0.4, 0.5) is 4.39 Å². The monoisotopic (exact) mass is 300 g/mol. The first-order valence-corrected chi connectivity index (χ1v) is 7.20. The fourth-order valence-electron chi connectivity index (χ4n) is 2.68. The minimum atomic E-state index is -0.309. The summed E-state index contributed by atoms with van der Waals surface area (Å²) >= 11 is 0. The highest BCUT2D eigenvalue weighted by Crippen LogP contribution is 2.24. The zero-order valence-corrected chi connectivity index (χ0v) is 11.9. The highest BCUT2D eigenvalue weighted by atomic mass is 19.1. The van der Waals surface area contributed by atoms with Gasteiger partial charge >= 0.3 is 0 Å². The SMILES string of the molecule is O=C(N[C@@H]1C=C[C@H](CO)C1)c1c[nH]cc1-c1ccc(F)cc1. The maximum atomic E-state index is 13.0. The van der Waals surface area contributed by atoms with Crippen molar-refractivity contribution in [2.24, 2.45) is 5.92 Å². The number of H-pyrrole nitrogens is 1. The van der Waals surface area contributed by atoms with Crippen LogP contribution in [0.25, 0.3) is 11.1 Å². The minimum Gasteiger partial charge on any atom is -0.396 e. The number of carbonyl (C=O) groups is 1. The first-order valence-electron chi connectivity index (χ1n) is 7.20. The number of aromatic nitrogens is 1. The van der Waals surface area contributed by atoms with Crippen molar-refractivity contribution in [3.8, 4) is 11.1 Å². The number of halogens is 1. The molecule has 0 bridgehead atoms. The number of hydrogen-bond acceptors (Lipinski definition) is 2. The van der Waals surface area contributed by atoms with Crippen LogP contribution < -0.4 is 5.32 Å². The first kappa shape index (κ1) is 14.5. The van der Waals surface area contributed by atoms with E-state index in [0.29, 0.717) is 12.0 Å². The number of benzene rings is 1. The van der Waals surface area contributed by atoms with Gasteiger partial charge in [0.25, 0.3) is 5.91 Å². The van der Waals surface area contributed by atoms with Crippen LogP contribution in [0.15, 0.2) is 48.8 Å². The van der Waals surface area contributed by atoms with Gasteiger partial charge in [-0.05, 0) is 24.1 Å². The van der Waals surface area contributed by atoms with Gasteiger partial charge in [0.05, 0.1) is 5.56 Å². The summed E-state index contributed by atoms with van der Waals surface area (Å²) in [6.07, 6.45) is 7.89. The van der Waals surface area contributed by atoms with Gasteiger partial charge in [0.1, 0.15) is 5.82 Å². The number of nitrogens with one attached hydrogen (secondary N) is 2. The summed E-state index contributed by atoms with van der Waals surface area (Å²) in [6.45, 7) is 0.0911. The third kappa shape index (κ3) is 2.94. The molecule has 0 radical (unpaired) electrons. The molecule has 3 rings (SSSR count). The quantitative estimate of drug-likeness (QED) is 0.760. The molecule has 114 valence electrons. The Morgan fingerprint density at radius 3 is 2.73 bits per heavy atom. The summed E-state index contributed by atoms with van der Waals surface area (Å²) in [5.41, 5.74) is 2.04. The molecule has 3 N–H and O–H groups in total. The average molecular weight is 300 g/mol. The lowest BCUT2D eigenvalue weighted by atomic mass is 10.0. The molecule has 1 amide bonds. The van der Waals surface area contributed by atoms with Crippen molar-refractivity contribution in [2.45, 2.75) is 12.5 Å². The maximum absolute atomic E-state index is 13.0. The summed E-state index contributed by atoms with van der Waals surface area (Å²) < 4.78 is 13.0. The molecule has 0 spiro atoms. The molecule has 0 saturated heterocycles. The third-order valence-electron chi connectivity index (χ3n) is 3.87. The molecule has 0 aliphatic heterocycles. The van der Waals surface area contributed by atoms with Crippen molar-refractivity contribution in [1.29, 1.82) is 0 Å². The van der Waals surface area contributed by atoms with E-state index in [-0.39, 0.29) is 30.3 Å². The zero-order chi connectivity index (χ0) is 15.5. The van der Waals surface area contributed by atoms with Gasteiger partial charge in [-0.1, -0.05) is 24.3 Å². The second kappa shape index (κ2) is 6.15. The van der Waals surface area contributed by atoms with E-state index < -0.39 is 0 Å². The van der Waals surface area contributed by atoms with Crippen LogP contribution in [0.5, 0.6) is 0 Å². The number of rotatable bonds is 4. The molecule has 0 fully saturated rings. The van der Waals surface area contributed by atoms with E-state index in [9.17, 15) is 9.18 Å². The summed E-state index contributed by atoms with van der Waals surface area (Å²) in [5.74, 6) is -0.390. The van der Waals surface area contributed by atoms with Gasteiger partial charge < -0.3 is 15.4 Å². The molecule has 1 aromatic heterocycles. The second-order valence-electron chi connectivity index (χ2n) is 5.43. The molecule has 4 nitrogen and oxygen atoms in total. The number of aliphatic hydroxyl groups is 1. The molecule has 0 saturated carbocycles. The van der Waals surface area contributed by atoms with Crippen molar-refractivity contribution in [3.63, 3.8) is 0 Å². The van der Waals surface area contributed by atoms with Gasteiger partial charge in [0.2, 0.25) is 0 Å². The second-order valence-corrected chi connectivity index (χ2v) is 5.43. The van der Waals surface area contributed by atoms with Crippen molar-refractivity contribution in [2.75, 3.05) is 6.61 Å². The highest BCUT2D eigenvalue weighted by molar-refractivity contribution is 6.01. The fourth-order valence-corrected chi connectivity index (χ4v) is 2.68. The van der Waals surface area contributed by atoms with E-state index >= 15 is 0 Å². The molecule has 2 aromatic rings. The van der Waals surface area contributed by atoms with Crippen molar-refractivity contribution in [1.82, 2.24) is 10.3 Å². The molecule has 0 unspecified atom stereocenters. The van der Waals surface area contributed by atoms with Gasteiger partial charge in [-0.3, -0.25) is 4.79 Å². The molecule has 1 heterocycles. The molecule has 2 atom stereocenters. The smallest absolute Gasteiger partial charge is 0.253 e. The predicted octanol–water partition coefficient (Wildman–Crippen LogP) is 2.49. The van der Waals surface area contributed by atoms with Gasteiger partial charge in [0, 0.05) is 36.5 Å².